The zero-order chi connectivity index (χ0) is 15.2. The zero-order valence-electron chi connectivity index (χ0n) is 13.7. The minimum Gasteiger partial charge on any atom is -0.472 e. The molecule has 1 aliphatic carbocycles. The molecule has 0 radical (unpaired) electrons. The second-order valence-corrected chi connectivity index (χ2v) is 7.14. The first-order chi connectivity index (χ1) is 10.7. The van der Waals surface area contributed by atoms with Gasteiger partial charge in [-0.05, 0) is 62.3 Å². The first kappa shape index (κ1) is 13.9. The number of aryl methyl sites for hydroxylation is 1. The first-order valence-corrected chi connectivity index (χ1v) is 8.64. The smallest absolute Gasteiger partial charge is 0.187 e. The van der Waals surface area contributed by atoms with Crippen molar-refractivity contribution in [3.63, 3.8) is 0 Å². The molecule has 0 unspecified atom stereocenters. The summed E-state index contributed by atoms with van der Waals surface area (Å²) in [4.78, 5) is 0. The molecule has 0 saturated heterocycles. The van der Waals surface area contributed by atoms with Gasteiger partial charge in [-0.3, -0.25) is 0 Å². The Morgan fingerprint density at radius 1 is 1.05 bits per heavy atom. The van der Waals surface area contributed by atoms with E-state index in [1.807, 2.05) is 0 Å². The normalized spacial score (nSPS) is 25.7. The van der Waals surface area contributed by atoms with E-state index in [2.05, 4.69) is 48.9 Å². The Hall–Kier alpha value is -1.70. The van der Waals surface area contributed by atoms with Gasteiger partial charge in [0.15, 0.2) is 5.72 Å². The lowest BCUT2D eigenvalue weighted by Crippen LogP contribution is -2.29. The second kappa shape index (κ2) is 5.19. The predicted molar refractivity (Wildman–Crippen MR) is 90.8 cm³/mol. The van der Waals surface area contributed by atoms with Gasteiger partial charge >= 0.3 is 0 Å². The third kappa shape index (κ3) is 2.25. The van der Waals surface area contributed by atoms with Gasteiger partial charge < -0.3 is 9.30 Å². The SMILES string of the molecule is Cc1ccc2c(ccn2[C@@]2(C)CC3=C(CCCCCC3)O2)c1. The molecule has 2 nitrogen and oxygen atoms in total. The van der Waals surface area contributed by atoms with Crippen LogP contribution in [0.3, 0.4) is 0 Å². The van der Waals surface area contributed by atoms with Crippen molar-refractivity contribution in [3.05, 3.63) is 47.4 Å². The van der Waals surface area contributed by atoms with E-state index < -0.39 is 0 Å². The van der Waals surface area contributed by atoms with Crippen molar-refractivity contribution in [2.24, 2.45) is 0 Å². The first-order valence-electron chi connectivity index (χ1n) is 8.64. The number of nitrogens with zero attached hydrogens (tertiary/aromatic N) is 1. The minimum atomic E-state index is -0.244. The Bertz CT molecular complexity index is 717. The van der Waals surface area contributed by atoms with E-state index in [-0.39, 0.29) is 5.72 Å². The van der Waals surface area contributed by atoms with Gasteiger partial charge in [0.1, 0.15) is 0 Å². The number of allylic oxidation sites excluding steroid dienone is 1. The molecule has 0 bridgehead atoms. The molecule has 2 aromatic rings. The maximum Gasteiger partial charge on any atom is 0.187 e. The average molecular weight is 295 g/mol. The predicted octanol–water partition coefficient (Wildman–Crippen LogP) is 5.65. The molecule has 0 spiro atoms. The molecule has 1 atom stereocenters. The fraction of sp³-hybridized carbons (Fsp3) is 0.500. The van der Waals surface area contributed by atoms with Crippen LogP contribution in [0, 0.1) is 6.92 Å². The van der Waals surface area contributed by atoms with Crippen LogP contribution in [0.1, 0.15) is 57.4 Å². The van der Waals surface area contributed by atoms with Crippen molar-refractivity contribution in [1.29, 1.82) is 0 Å². The largest absolute Gasteiger partial charge is 0.472 e. The van der Waals surface area contributed by atoms with Gasteiger partial charge in [-0.15, -0.1) is 0 Å². The summed E-state index contributed by atoms with van der Waals surface area (Å²) >= 11 is 0. The molecule has 116 valence electrons. The van der Waals surface area contributed by atoms with Crippen LogP contribution in [0.5, 0.6) is 0 Å². The van der Waals surface area contributed by atoms with Crippen LogP contribution < -0.4 is 0 Å². The monoisotopic (exact) mass is 295 g/mol. The fourth-order valence-electron chi connectivity index (χ4n) is 4.11. The van der Waals surface area contributed by atoms with Crippen molar-refractivity contribution in [2.45, 2.75) is 64.5 Å². The topological polar surface area (TPSA) is 14.2 Å². The van der Waals surface area contributed by atoms with E-state index in [1.54, 1.807) is 5.57 Å². The Labute approximate surface area is 132 Å². The maximum absolute atomic E-state index is 6.51. The average Bonchev–Trinajstić information content (AvgIpc) is 3.01. The van der Waals surface area contributed by atoms with Gasteiger partial charge in [0.2, 0.25) is 0 Å². The number of benzene rings is 1. The lowest BCUT2D eigenvalue weighted by molar-refractivity contribution is -0.0273. The van der Waals surface area contributed by atoms with E-state index in [4.69, 9.17) is 4.74 Å². The fourth-order valence-corrected chi connectivity index (χ4v) is 4.11. The summed E-state index contributed by atoms with van der Waals surface area (Å²) < 4.78 is 8.85. The van der Waals surface area contributed by atoms with Gasteiger partial charge in [0.05, 0.1) is 11.3 Å². The molecule has 2 heteroatoms. The Morgan fingerprint density at radius 3 is 2.73 bits per heavy atom. The van der Waals surface area contributed by atoms with E-state index in [1.165, 1.54) is 54.3 Å². The van der Waals surface area contributed by atoms with Gasteiger partial charge in [-0.1, -0.05) is 24.5 Å². The Balaban J connectivity index is 1.70. The lowest BCUT2D eigenvalue weighted by atomic mass is 9.95. The number of hydrogen-bond acceptors (Lipinski definition) is 1. The van der Waals surface area contributed by atoms with Crippen LogP contribution >= 0.6 is 0 Å². The maximum atomic E-state index is 6.51. The summed E-state index contributed by atoms with van der Waals surface area (Å²) in [5.41, 5.74) is 3.92. The third-order valence-corrected chi connectivity index (χ3v) is 5.27. The van der Waals surface area contributed by atoms with Crippen LogP contribution in [0.2, 0.25) is 0 Å². The van der Waals surface area contributed by atoms with Crippen LogP contribution in [0.25, 0.3) is 10.9 Å². The van der Waals surface area contributed by atoms with Crippen LogP contribution in [0.15, 0.2) is 41.8 Å². The molecule has 0 amide bonds. The van der Waals surface area contributed by atoms with Gasteiger partial charge in [-0.25, -0.2) is 0 Å². The van der Waals surface area contributed by atoms with Crippen LogP contribution in [-0.4, -0.2) is 4.57 Å². The molecule has 1 aromatic carbocycles. The summed E-state index contributed by atoms with van der Waals surface area (Å²) in [6, 6.07) is 8.90. The highest BCUT2D eigenvalue weighted by Crippen LogP contribution is 2.44. The molecule has 0 fully saturated rings. The molecule has 2 heterocycles. The molecular weight excluding hydrogens is 270 g/mol. The number of rotatable bonds is 1. The van der Waals surface area contributed by atoms with E-state index in [0.29, 0.717) is 0 Å². The summed E-state index contributed by atoms with van der Waals surface area (Å²) in [7, 11) is 0. The number of hydrogen-bond donors (Lipinski definition) is 0. The van der Waals surface area contributed by atoms with E-state index in [0.717, 1.165) is 12.8 Å². The van der Waals surface area contributed by atoms with E-state index in [9.17, 15) is 0 Å². The number of fused-ring (bicyclic) bond motifs is 1. The van der Waals surface area contributed by atoms with Gasteiger partial charge in [0, 0.05) is 19.0 Å². The highest BCUT2D eigenvalue weighted by Gasteiger charge is 2.38. The van der Waals surface area contributed by atoms with Crippen LogP contribution in [0.4, 0.5) is 0 Å². The van der Waals surface area contributed by atoms with Crippen molar-refractivity contribution >= 4 is 10.9 Å². The Morgan fingerprint density at radius 2 is 1.86 bits per heavy atom. The summed E-state index contributed by atoms with van der Waals surface area (Å²) in [5.74, 6) is 1.29. The number of ether oxygens (including phenoxy) is 1. The summed E-state index contributed by atoms with van der Waals surface area (Å²) in [6.07, 6.45) is 10.9. The molecule has 1 aliphatic heterocycles. The van der Waals surface area contributed by atoms with Gasteiger partial charge in [0.25, 0.3) is 0 Å². The molecule has 22 heavy (non-hydrogen) atoms. The highest BCUT2D eigenvalue weighted by molar-refractivity contribution is 5.81. The van der Waals surface area contributed by atoms with Gasteiger partial charge in [-0.2, -0.15) is 0 Å². The molecule has 0 N–H and O–H groups in total. The van der Waals surface area contributed by atoms with Crippen molar-refractivity contribution in [2.75, 3.05) is 0 Å². The molecule has 1 aromatic heterocycles. The zero-order valence-corrected chi connectivity index (χ0v) is 13.7. The standard InChI is InChI=1S/C20H25NO/c1-15-9-10-18-16(13-15)11-12-21(18)20(2)14-17-7-5-3-4-6-8-19(17)22-20/h9-13H,3-8,14H2,1-2H3/t20-/m1/s1. The minimum absolute atomic E-state index is 0.244. The molecule has 4 rings (SSSR count). The lowest BCUT2D eigenvalue weighted by Gasteiger charge is -2.28. The highest BCUT2D eigenvalue weighted by atomic mass is 16.5. The van der Waals surface area contributed by atoms with Crippen molar-refractivity contribution in [3.8, 4) is 0 Å². The molecule has 2 aliphatic rings. The number of aromatic nitrogens is 1. The summed E-state index contributed by atoms with van der Waals surface area (Å²) in [6.45, 7) is 4.40. The van der Waals surface area contributed by atoms with Crippen molar-refractivity contribution in [1.82, 2.24) is 4.57 Å². The Kier molecular flexibility index (Phi) is 3.28. The quantitative estimate of drug-likeness (QED) is 0.663. The van der Waals surface area contributed by atoms with E-state index >= 15 is 0 Å². The molecular formula is C20H25NO. The van der Waals surface area contributed by atoms with Crippen molar-refractivity contribution < 1.29 is 4.74 Å². The molecule has 0 saturated carbocycles. The second-order valence-electron chi connectivity index (χ2n) is 7.14. The van der Waals surface area contributed by atoms with Crippen LogP contribution in [-0.2, 0) is 10.5 Å². The third-order valence-electron chi connectivity index (χ3n) is 5.27. The summed E-state index contributed by atoms with van der Waals surface area (Å²) in [5, 5.41) is 1.31.